The van der Waals surface area contributed by atoms with E-state index in [1.54, 1.807) is 4.90 Å². The molecule has 1 saturated heterocycles. The summed E-state index contributed by atoms with van der Waals surface area (Å²) in [5.41, 5.74) is 0.751. The van der Waals surface area contributed by atoms with Crippen LogP contribution in [-0.4, -0.2) is 35.7 Å². The van der Waals surface area contributed by atoms with Crippen LogP contribution < -0.4 is 5.32 Å². The minimum atomic E-state index is -0.451. The van der Waals surface area contributed by atoms with E-state index < -0.39 is 5.60 Å². The number of benzene rings is 1. The van der Waals surface area contributed by atoms with E-state index in [-0.39, 0.29) is 18.2 Å². The molecule has 0 aromatic heterocycles. The van der Waals surface area contributed by atoms with Crippen molar-refractivity contribution in [1.29, 1.82) is 0 Å². The third-order valence-corrected chi connectivity index (χ3v) is 3.24. The topological polar surface area (TPSA) is 41.6 Å². The van der Waals surface area contributed by atoms with Gasteiger partial charge in [-0.3, -0.25) is 0 Å². The molecule has 1 fully saturated rings. The zero-order valence-corrected chi connectivity index (χ0v) is 12.7. The molecule has 1 aromatic carbocycles. The summed E-state index contributed by atoms with van der Waals surface area (Å²) < 4.78 is 5.47. The Balaban J connectivity index is 2.07. The van der Waals surface area contributed by atoms with Crippen molar-refractivity contribution < 1.29 is 9.53 Å². The van der Waals surface area contributed by atoms with E-state index in [0.29, 0.717) is 13.1 Å². The van der Waals surface area contributed by atoms with Gasteiger partial charge in [0.25, 0.3) is 0 Å². The second-order valence-electron chi connectivity index (χ2n) is 6.42. The lowest BCUT2D eigenvalue weighted by Crippen LogP contribution is -2.53. The molecule has 1 aliphatic rings. The molecule has 110 valence electrons. The molecule has 2 atom stereocenters. The van der Waals surface area contributed by atoms with Crippen molar-refractivity contribution in [2.45, 2.75) is 45.4 Å². The molecule has 1 N–H and O–H groups in total. The molecule has 2 unspecified atom stereocenters. The molecule has 0 bridgehead atoms. The van der Waals surface area contributed by atoms with E-state index in [0.717, 1.165) is 0 Å². The fraction of sp³-hybridized carbons (Fsp3) is 0.562. The molecule has 4 nitrogen and oxygen atoms in total. The van der Waals surface area contributed by atoms with Gasteiger partial charge in [-0.1, -0.05) is 30.3 Å². The Morgan fingerprint density at radius 3 is 2.50 bits per heavy atom. The van der Waals surface area contributed by atoms with Crippen LogP contribution in [0.2, 0.25) is 0 Å². The quantitative estimate of drug-likeness (QED) is 0.857. The van der Waals surface area contributed by atoms with Crippen molar-refractivity contribution in [3.05, 3.63) is 35.9 Å². The standard InChI is InChI=1S/C16H24N2O2/c1-12-10-18(15(19)20-16(2,3)4)11-14(17-12)13-8-6-5-7-9-13/h5-9,12,14,17H,10-11H2,1-4H3. The zero-order valence-electron chi connectivity index (χ0n) is 12.7. The molecule has 1 heterocycles. The van der Waals surface area contributed by atoms with Gasteiger partial charge in [0.15, 0.2) is 0 Å². The first kappa shape index (κ1) is 14.9. The monoisotopic (exact) mass is 276 g/mol. The molecule has 0 aliphatic carbocycles. The predicted molar refractivity (Wildman–Crippen MR) is 79.6 cm³/mol. The maximum atomic E-state index is 12.2. The lowest BCUT2D eigenvalue weighted by Gasteiger charge is -2.38. The molecule has 1 aliphatic heterocycles. The summed E-state index contributed by atoms with van der Waals surface area (Å²) in [5.74, 6) is 0. The van der Waals surface area contributed by atoms with Crippen molar-refractivity contribution in [3.8, 4) is 0 Å². The third-order valence-electron chi connectivity index (χ3n) is 3.24. The summed E-state index contributed by atoms with van der Waals surface area (Å²) in [4.78, 5) is 14.0. The smallest absolute Gasteiger partial charge is 0.410 e. The van der Waals surface area contributed by atoms with E-state index in [2.05, 4.69) is 24.4 Å². The molecule has 0 radical (unpaired) electrons. The van der Waals surface area contributed by atoms with E-state index in [1.165, 1.54) is 5.56 Å². The van der Waals surface area contributed by atoms with Crippen molar-refractivity contribution in [2.75, 3.05) is 13.1 Å². The first-order valence-corrected chi connectivity index (χ1v) is 7.14. The normalized spacial score (nSPS) is 23.5. The predicted octanol–water partition coefficient (Wildman–Crippen LogP) is 2.96. The molecule has 1 aromatic rings. The highest BCUT2D eigenvalue weighted by Crippen LogP contribution is 2.21. The van der Waals surface area contributed by atoms with Crippen LogP contribution in [-0.2, 0) is 4.74 Å². The fourth-order valence-electron chi connectivity index (χ4n) is 2.44. The first-order valence-electron chi connectivity index (χ1n) is 7.14. The molecular formula is C16H24N2O2. The molecule has 0 spiro atoms. The van der Waals surface area contributed by atoms with Gasteiger partial charge in [0.1, 0.15) is 5.60 Å². The molecule has 2 rings (SSSR count). The van der Waals surface area contributed by atoms with Gasteiger partial charge < -0.3 is 15.0 Å². The van der Waals surface area contributed by atoms with Crippen molar-refractivity contribution in [1.82, 2.24) is 10.2 Å². The lowest BCUT2D eigenvalue weighted by atomic mass is 10.0. The van der Waals surface area contributed by atoms with Crippen LogP contribution in [0.3, 0.4) is 0 Å². The summed E-state index contributed by atoms with van der Waals surface area (Å²) in [6.07, 6.45) is -0.230. The van der Waals surface area contributed by atoms with E-state index in [1.807, 2.05) is 39.0 Å². The number of hydrogen-bond donors (Lipinski definition) is 1. The summed E-state index contributed by atoms with van der Waals surface area (Å²) >= 11 is 0. The summed E-state index contributed by atoms with van der Waals surface area (Å²) in [6.45, 7) is 9.09. The minimum Gasteiger partial charge on any atom is -0.444 e. The second-order valence-corrected chi connectivity index (χ2v) is 6.42. The largest absolute Gasteiger partial charge is 0.444 e. The van der Waals surface area contributed by atoms with Crippen LogP contribution in [0.15, 0.2) is 30.3 Å². The van der Waals surface area contributed by atoms with Gasteiger partial charge in [-0.05, 0) is 33.3 Å². The number of nitrogens with zero attached hydrogens (tertiary/aromatic N) is 1. The number of amides is 1. The van der Waals surface area contributed by atoms with Crippen LogP contribution in [0.1, 0.15) is 39.3 Å². The van der Waals surface area contributed by atoms with E-state index in [4.69, 9.17) is 4.74 Å². The Bertz CT molecular complexity index is 453. The SMILES string of the molecule is CC1CN(C(=O)OC(C)(C)C)CC(c2ccccc2)N1. The number of ether oxygens (including phenoxy) is 1. The van der Waals surface area contributed by atoms with Crippen molar-refractivity contribution in [2.24, 2.45) is 0 Å². The molecule has 1 amide bonds. The van der Waals surface area contributed by atoms with Gasteiger partial charge in [0, 0.05) is 19.1 Å². The third kappa shape index (κ3) is 3.97. The summed E-state index contributed by atoms with van der Waals surface area (Å²) in [7, 11) is 0. The number of piperazine rings is 1. The average molecular weight is 276 g/mol. The number of carbonyl (C=O) groups excluding carboxylic acids is 1. The molecular weight excluding hydrogens is 252 g/mol. The average Bonchev–Trinajstić information content (AvgIpc) is 2.37. The van der Waals surface area contributed by atoms with Crippen molar-refractivity contribution >= 4 is 6.09 Å². The van der Waals surface area contributed by atoms with Gasteiger partial charge in [-0.25, -0.2) is 4.79 Å². The van der Waals surface area contributed by atoms with Gasteiger partial charge in [-0.15, -0.1) is 0 Å². The Hall–Kier alpha value is -1.55. The maximum absolute atomic E-state index is 12.2. The summed E-state index contributed by atoms with van der Waals surface area (Å²) in [6, 6.07) is 10.6. The Kier molecular flexibility index (Phi) is 4.33. The van der Waals surface area contributed by atoms with Crippen LogP contribution in [0.25, 0.3) is 0 Å². The van der Waals surface area contributed by atoms with Crippen LogP contribution in [0, 0.1) is 0 Å². The highest BCUT2D eigenvalue weighted by molar-refractivity contribution is 5.68. The van der Waals surface area contributed by atoms with Crippen LogP contribution in [0.4, 0.5) is 4.79 Å². The Morgan fingerprint density at radius 1 is 1.25 bits per heavy atom. The maximum Gasteiger partial charge on any atom is 0.410 e. The van der Waals surface area contributed by atoms with Gasteiger partial charge in [0.05, 0.1) is 6.04 Å². The number of rotatable bonds is 1. The lowest BCUT2D eigenvalue weighted by molar-refractivity contribution is 0.0159. The first-order chi connectivity index (χ1) is 9.35. The van der Waals surface area contributed by atoms with Crippen molar-refractivity contribution in [3.63, 3.8) is 0 Å². The Morgan fingerprint density at radius 2 is 1.90 bits per heavy atom. The number of hydrogen-bond acceptors (Lipinski definition) is 3. The van der Waals surface area contributed by atoms with E-state index in [9.17, 15) is 4.79 Å². The highest BCUT2D eigenvalue weighted by Gasteiger charge is 2.30. The molecule has 4 heteroatoms. The molecule has 0 saturated carbocycles. The Labute approximate surface area is 121 Å². The fourth-order valence-corrected chi connectivity index (χ4v) is 2.44. The van der Waals surface area contributed by atoms with Gasteiger partial charge >= 0.3 is 6.09 Å². The van der Waals surface area contributed by atoms with E-state index >= 15 is 0 Å². The molecule has 20 heavy (non-hydrogen) atoms. The second kappa shape index (κ2) is 5.83. The van der Waals surface area contributed by atoms with Gasteiger partial charge in [-0.2, -0.15) is 0 Å². The summed E-state index contributed by atoms with van der Waals surface area (Å²) in [5, 5.41) is 3.53. The van der Waals surface area contributed by atoms with Crippen LogP contribution >= 0.6 is 0 Å². The number of nitrogens with one attached hydrogen (secondary N) is 1. The zero-order chi connectivity index (χ0) is 14.8. The van der Waals surface area contributed by atoms with Gasteiger partial charge in [0.2, 0.25) is 0 Å². The minimum absolute atomic E-state index is 0.160. The highest BCUT2D eigenvalue weighted by atomic mass is 16.6. The van der Waals surface area contributed by atoms with Crippen LogP contribution in [0.5, 0.6) is 0 Å². The number of carbonyl (C=O) groups is 1.